The Bertz CT molecular complexity index is 617. The molecule has 0 heterocycles. The molecule has 0 spiro atoms. The van der Waals surface area contributed by atoms with Gasteiger partial charge in [0.2, 0.25) is 0 Å². The first-order valence-electron chi connectivity index (χ1n) is 6.75. The molecule has 0 fully saturated rings. The zero-order chi connectivity index (χ0) is 15.4. The summed E-state index contributed by atoms with van der Waals surface area (Å²) in [5.74, 6) is 0.428. The van der Waals surface area contributed by atoms with Crippen molar-refractivity contribution in [3.05, 3.63) is 58.6 Å². The van der Waals surface area contributed by atoms with E-state index in [2.05, 4.69) is 11.4 Å². The number of benzene rings is 2. The summed E-state index contributed by atoms with van der Waals surface area (Å²) >= 11 is 5.81. The maximum atomic E-state index is 12.1. The highest BCUT2D eigenvalue weighted by molar-refractivity contribution is 6.30. The molecule has 0 aliphatic heterocycles. The van der Waals surface area contributed by atoms with Gasteiger partial charge in [0.05, 0.1) is 0 Å². The number of amides is 1. The third-order valence-electron chi connectivity index (χ3n) is 2.98. The summed E-state index contributed by atoms with van der Waals surface area (Å²) < 4.78 is 5.59. The van der Waals surface area contributed by atoms with Crippen molar-refractivity contribution in [2.24, 2.45) is 0 Å². The molecule has 4 heteroatoms. The van der Waals surface area contributed by atoms with E-state index in [9.17, 15) is 4.79 Å². The second-order valence-corrected chi connectivity index (χ2v) is 5.52. The Balaban J connectivity index is 2.00. The lowest BCUT2D eigenvalue weighted by Gasteiger charge is -2.15. The average molecular weight is 304 g/mol. The summed E-state index contributed by atoms with van der Waals surface area (Å²) in [4.78, 5) is 12.1. The Morgan fingerprint density at radius 2 is 1.67 bits per heavy atom. The number of ether oxygens (including phenoxy) is 1. The average Bonchev–Trinajstić information content (AvgIpc) is 2.40. The van der Waals surface area contributed by atoms with Crippen molar-refractivity contribution >= 4 is 23.2 Å². The van der Waals surface area contributed by atoms with Crippen LogP contribution >= 0.6 is 11.6 Å². The fourth-order valence-electron chi connectivity index (χ4n) is 2.06. The summed E-state index contributed by atoms with van der Waals surface area (Å²) in [6, 6.07) is 12.9. The minimum Gasteiger partial charge on any atom is -0.481 e. The van der Waals surface area contributed by atoms with Crippen LogP contribution in [0, 0.1) is 13.8 Å². The predicted molar refractivity (Wildman–Crippen MR) is 86.1 cm³/mol. The van der Waals surface area contributed by atoms with Gasteiger partial charge in [-0.2, -0.15) is 0 Å². The highest BCUT2D eigenvalue weighted by atomic mass is 35.5. The number of carbonyl (C=O) groups excluding carboxylic acids is 1. The molecule has 2 aromatic carbocycles. The van der Waals surface area contributed by atoms with Crippen molar-refractivity contribution < 1.29 is 9.53 Å². The monoisotopic (exact) mass is 303 g/mol. The minimum absolute atomic E-state index is 0.185. The Morgan fingerprint density at radius 3 is 2.24 bits per heavy atom. The van der Waals surface area contributed by atoms with Crippen LogP contribution in [0.2, 0.25) is 5.02 Å². The van der Waals surface area contributed by atoms with Gasteiger partial charge in [-0.3, -0.25) is 4.79 Å². The molecule has 0 saturated heterocycles. The van der Waals surface area contributed by atoms with E-state index in [0.29, 0.717) is 10.8 Å². The lowest BCUT2D eigenvalue weighted by molar-refractivity contribution is -0.122. The van der Waals surface area contributed by atoms with Gasteiger partial charge >= 0.3 is 0 Å². The van der Waals surface area contributed by atoms with E-state index in [4.69, 9.17) is 16.3 Å². The summed E-state index contributed by atoms with van der Waals surface area (Å²) in [6.45, 7) is 5.71. The molecule has 21 heavy (non-hydrogen) atoms. The number of hydrogen-bond donors (Lipinski definition) is 1. The predicted octanol–water partition coefficient (Wildman–Crippen LogP) is 4.36. The molecule has 0 bridgehead atoms. The molecule has 1 N–H and O–H groups in total. The summed E-state index contributed by atoms with van der Waals surface area (Å²) in [5.41, 5.74) is 3.00. The second kappa shape index (κ2) is 6.64. The van der Waals surface area contributed by atoms with Crippen LogP contribution in [0.15, 0.2) is 42.5 Å². The quantitative estimate of drug-likeness (QED) is 0.911. The number of hydrogen-bond acceptors (Lipinski definition) is 2. The third-order valence-corrected chi connectivity index (χ3v) is 3.24. The van der Waals surface area contributed by atoms with E-state index in [1.807, 2.05) is 26.0 Å². The number of halogens is 1. The standard InChI is InChI=1S/C17H18ClNO2/c1-11-8-12(2)10-15(9-11)19-17(20)13(3)21-16-6-4-14(18)5-7-16/h4-10,13H,1-3H3,(H,19,20)/t13-/m1/s1. The van der Waals surface area contributed by atoms with Gasteiger partial charge in [0.1, 0.15) is 5.75 Å². The summed E-state index contributed by atoms with van der Waals surface area (Å²) in [6.07, 6.45) is -0.591. The van der Waals surface area contributed by atoms with Crippen LogP contribution in [0.3, 0.4) is 0 Å². The van der Waals surface area contributed by atoms with E-state index in [1.165, 1.54) is 0 Å². The molecule has 110 valence electrons. The van der Waals surface area contributed by atoms with Crippen molar-refractivity contribution in [1.82, 2.24) is 0 Å². The molecule has 0 saturated carbocycles. The normalized spacial score (nSPS) is 11.8. The molecule has 0 unspecified atom stereocenters. The maximum absolute atomic E-state index is 12.1. The first-order valence-corrected chi connectivity index (χ1v) is 7.13. The zero-order valence-electron chi connectivity index (χ0n) is 12.3. The first-order chi connectivity index (χ1) is 9.94. The largest absolute Gasteiger partial charge is 0.481 e. The highest BCUT2D eigenvalue weighted by Gasteiger charge is 2.15. The van der Waals surface area contributed by atoms with Gasteiger partial charge < -0.3 is 10.1 Å². The molecular formula is C17H18ClNO2. The lowest BCUT2D eigenvalue weighted by atomic mass is 10.1. The van der Waals surface area contributed by atoms with Crippen LogP contribution in [0.1, 0.15) is 18.1 Å². The van der Waals surface area contributed by atoms with Crippen LogP contribution in [-0.2, 0) is 4.79 Å². The van der Waals surface area contributed by atoms with E-state index in [1.54, 1.807) is 31.2 Å². The molecule has 2 aromatic rings. The maximum Gasteiger partial charge on any atom is 0.265 e. The number of anilines is 1. The van der Waals surface area contributed by atoms with Crippen LogP contribution in [0.4, 0.5) is 5.69 Å². The minimum atomic E-state index is -0.591. The van der Waals surface area contributed by atoms with Crippen LogP contribution in [0.5, 0.6) is 5.75 Å². The molecule has 3 nitrogen and oxygen atoms in total. The smallest absolute Gasteiger partial charge is 0.265 e. The van der Waals surface area contributed by atoms with Crippen molar-refractivity contribution in [1.29, 1.82) is 0 Å². The Kier molecular flexibility index (Phi) is 4.86. The van der Waals surface area contributed by atoms with Gasteiger partial charge in [-0.25, -0.2) is 0 Å². The number of nitrogens with one attached hydrogen (secondary N) is 1. The van der Waals surface area contributed by atoms with E-state index >= 15 is 0 Å². The van der Waals surface area contributed by atoms with Crippen LogP contribution in [-0.4, -0.2) is 12.0 Å². The zero-order valence-corrected chi connectivity index (χ0v) is 13.1. The van der Waals surface area contributed by atoms with E-state index < -0.39 is 6.10 Å². The van der Waals surface area contributed by atoms with E-state index in [-0.39, 0.29) is 5.91 Å². The molecule has 0 aliphatic carbocycles. The molecule has 0 aliphatic rings. The van der Waals surface area contributed by atoms with Crippen LogP contribution < -0.4 is 10.1 Å². The fourth-order valence-corrected chi connectivity index (χ4v) is 2.19. The Morgan fingerprint density at radius 1 is 1.10 bits per heavy atom. The van der Waals surface area contributed by atoms with Crippen molar-refractivity contribution in [2.45, 2.75) is 26.9 Å². The number of carbonyl (C=O) groups is 1. The molecular weight excluding hydrogens is 286 g/mol. The van der Waals surface area contributed by atoms with Gasteiger partial charge in [0.25, 0.3) is 5.91 Å². The van der Waals surface area contributed by atoms with E-state index in [0.717, 1.165) is 16.8 Å². The van der Waals surface area contributed by atoms with Gasteiger partial charge in [-0.05, 0) is 68.3 Å². The third kappa shape index (κ3) is 4.50. The highest BCUT2D eigenvalue weighted by Crippen LogP contribution is 2.18. The van der Waals surface area contributed by atoms with Crippen LogP contribution in [0.25, 0.3) is 0 Å². The van der Waals surface area contributed by atoms with Crippen molar-refractivity contribution in [2.75, 3.05) is 5.32 Å². The van der Waals surface area contributed by atoms with Crippen molar-refractivity contribution in [3.8, 4) is 5.75 Å². The Labute approximate surface area is 129 Å². The topological polar surface area (TPSA) is 38.3 Å². The first kappa shape index (κ1) is 15.4. The Hall–Kier alpha value is -2.00. The second-order valence-electron chi connectivity index (χ2n) is 5.08. The molecule has 1 amide bonds. The lowest BCUT2D eigenvalue weighted by Crippen LogP contribution is -2.30. The SMILES string of the molecule is Cc1cc(C)cc(NC(=O)[C@@H](C)Oc2ccc(Cl)cc2)c1. The molecule has 0 radical (unpaired) electrons. The summed E-state index contributed by atoms with van der Waals surface area (Å²) in [5, 5.41) is 3.50. The molecule has 1 atom stereocenters. The van der Waals surface area contributed by atoms with Gasteiger partial charge in [-0.1, -0.05) is 17.7 Å². The van der Waals surface area contributed by atoms with Crippen molar-refractivity contribution in [3.63, 3.8) is 0 Å². The molecule has 0 aromatic heterocycles. The van der Waals surface area contributed by atoms with Gasteiger partial charge in [0, 0.05) is 10.7 Å². The summed E-state index contributed by atoms with van der Waals surface area (Å²) in [7, 11) is 0. The number of rotatable bonds is 4. The number of aryl methyl sites for hydroxylation is 2. The molecule has 2 rings (SSSR count). The van der Waals surface area contributed by atoms with Gasteiger partial charge in [-0.15, -0.1) is 0 Å². The van der Waals surface area contributed by atoms with Gasteiger partial charge in [0.15, 0.2) is 6.10 Å². The fraction of sp³-hybridized carbons (Fsp3) is 0.235.